The average molecular weight is 317 g/mol. The second-order valence-electron chi connectivity index (χ2n) is 7.39. The fraction of sp³-hybridized carbons (Fsp3) is 0.588. The maximum atomic E-state index is 11.2. The van der Waals surface area contributed by atoms with Gasteiger partial charge in [-0.1, -0.05) is 18.2 Å². The van der Waals surface area contributed by atoms with Gasteiger partial charge in [0.05, 0.1) is 11.2 Å². The standard InChI is InChI=1S/C17H24BNO4/c1-16(2)17(3,4)23-18(22-16)14-6-5-12-7-9-19(15(20)21)10-8-13(12)11-14/h5-6,11H,7-10H2,1-4H3,(H,20,21). The van der Waals surface area contributed by atoms with Gasteiger partial charge in [0.25, 0.3) is 0 Å². The lowest BCUT2D eigenvalue weighted by Gasteiger charge is -2.32. The zero-order valence-corrected chi connectivity index (χ0v) is 14.3. The van der Waals surface area contributed by atoms with Crippen molar-refractivity contribution in [1.82, 2.24) is 4.90 Å². The topological polar surface area (TPSA) is 59.0 Å². The molecule has 1 N–H and O–H groups in total. The molecule has 0 radical (unpaired) electrons. The monoisotopic (exact) mass is 317 g/mol. The van der Waals surface area contributed by atoms with Crippen LogP contribution in [0.4, 0.5) is 4.79 Å². The summed E-state index contributed by atoms with van der Waals surface area (Å²) >= 11 is 0. The maximum Gasteiger partial charge on any atom is 0.494 e. The van der Waals surface area contributed by atoms with Crippen molar-refractivity contribution in [2.24, 2.45) is 0 Å². The molecular formula is C17H24BNO4. The first-order valence-corrected chi connectivity index (χ1v) is 8.15. The highest BCUT2D eigenvalue weighted by Gasteiger charge is 2.51. The number of amides is 1. The van der Waals surface area contributed by atoms with Gasteiger partial charge in [0.1, 0.15) is 0 Å². The summed E-state index contributed by atoms with van der Waals surface area (Å²) in [4.78, 5) is 12.6. The molecule has 1 fully saturated rings. The molecule has 5 nitrogen and oxygen atoms in total. The summed E-state index contributed by atoms with van der Waals surface area (Å²) in [6, 6.07) is 6.24. The van der Waals surface area contributed by atoms with Crippen LogP contribution in [-0.4, -0.2) is 47.5 Å². The van der Waals surface area contributed by atoms with Gasteiger partial charge in [0, 0.05) is 13.1 Å². The SMILES string of the molecule is CC1(C)OB(c2ccc3c(c2)CCN(C(=O)O)CC3)OC1(C)C. The van der Waals surface area contributed by atoms with Gasteiger partial charge in [-0.2, -0.15) is 0 Å². The Labute approximate surface area is 137 Å². The predicted octanol–water partition coefficient (Wildman–Crippen LogP) is 2.06. The zero-order chi connectivity index (χ0) is 16.8. The van der Waals surface area contributed by atoms with Crippen LogP contribution in [0.3, 0.4) is 0 Å². The fourth-order valence-corrected chi connectivity index (χ4v) is 3.06. The number of hydrogen-bond donors (Lipinski definition) is 1. The van der Waals surface area contributed by atoms with E-state index < -0.39 is 6.09 Å². The lowest BCUT2D eigenvalue weighted by Crippen LogP contribution is -2.41. The molecule has 0 saturated carbocycles. The third kappa shape index (κ3) is 2.97. The molecule has 0 spiro atoms. The molecule has 0 atom stereocenters. The molecule has 0 bridgehead atoms. The first-order valence-electron chi connectivity index (χ1n) is 8.15. The van der Waals surface area contributed by atoms with Crippen molar-refractivity contribution < 1.29 is 19.2 Å². The van der Waals surface area contributed by atoms with Crippen LogP contribution in [0.1, 0.15) is 38.8 Å². The van der Waals surface area contributed by atoms with Crippen LogP contribution < -0.4 is 5.46 Å². The van der Waals surface area contributed by atoms with Crippen molar-refractivity contribution in [2.45, 2.75) is 51.7 Å². The molecular weight excluding hydrogens is 293 g/mol. The molecule has 1 aromatic carbocycles. The highest BCUT2D eigenvalue weighted by Crippen LogP contribution is 2.36. The lowest BCUT2D eigenvalue weighted by atomic mass is 9.77. The summed E-state index contributed by atoms with van der Waals surface area (Å²) < 4.78 is 12.2. The largest absolute Gasteiger partial charge is 0.494 e. The van der Waals surface area contributed by atoms with E-state index in [0.29, 0.717) is 13.1 Å². The fourth-order valence-electron chi connectivity index (χ4n) is 3.06. The van der Waals surface area contributed by atoms with E-state index in [9.17, 15) is 9.90 Å². The predicted molar refractivity (Wildman–Crippen MR) is 89.2 cm³/mol. The van der Waals surface area contributed by atoms with E-state index in [1.807, 2.05) is 33.8 Å². The Morgan fingerprint density at radius 1 is 1.09 bits per heavy atom. The number of hydrogen-bond acceptors (Lipinski definition) is 3. The Kier molecular flexibility index (Phi) is 3.93. The molecule has 0 aromatic heterocycles. The first-order chi connectivity index (χ1) is 10.7. The van der Waals surface area contributed by atoms with E-state index in [1.165, 1.54) is 16.0 Å². The third-order valence-electron chi connectivity index (χ3n) is 5.33. The van der Waals surface area contributed by atoms with Crippen molar-refractivity contribution >= 4 is 18.7 Å². The van der Waals surface area contributed by atoms with Crippen molar-refractivity contribution in [1.29, 1.82) is 0 Å². The van der Waals surface area contributed by atoms with Gasteiger partial charge in [0.15, 0.2) is 0 Å². The summed E-state index contributed by atoms with van der Waals surface area (Å²) in [5.74, 6) is 0. The maximum absolute atomic E-state index is 11.2. The van der Waals surface area contributed by atoms with Crippen LogP contribution in [0.5, 0.6) is 0 Å². The molecule has 0 aliphatic carbocycles. The highest BCUT2D eigenvalue weighted by atomic mass is 16.7. The minimum absolute atomic E-state index is 0.357. The van der Waals surface area contributed by atoms with E-state index >= 15 is 0 Å². The summed E-state index contributed by atoms with van der Waals surface area (Å²) in [6.07, 6.45) is 0.643. The van der Waals surface area contributed by atoms with Gasteiger partial charge in [-0.3, -0.25) is 0 Å². The molecule has 0 unspecified atom stereocenters. The van der Waals surface area contributed by atoms with E-state index in [2.05, 4.69) is 12.1 Å². The number of nitrogens with zero attached hydrogens (tertiary/aromatic N) is 1. The van der Waals surface area contributed by atoms with Crippen LogP contribution in [0, 0.1) is 0 Å². The van der Waals surface area contributed by atoms with Crippen LogP contribution in [0.2, 0.25) is 0 Å². The van der Waals surface area contributed by atoms with Crippen molar-refractivity contribution in [3.8, 4) is 0 Å². The second kappa shape index (κ2) is 5.53. The molecule has 2 aliphatic rings. The Bertz CT molecular complexity index is 613. The number of fused-ring (bicyclic) bond motifs is 1. The Morgan fingerprint density at radius 3 is 2.22 bits per heavy atom. The third-order valence-corrected chi connectivity index (χ3v) is 5.33. The number of rotatable bonds is 1. The van der Waals surface area contributed by atoms with Crippen molar-refractivity contribution in [3.05, 3.63) is 29.3 Å². The first kappa shape index (κ1) is 16.3. The van der Waals surface area contributed by atoms with Gasteiger partial charge in [0.2, 0.25) is 0 Å². The van der Waals surface area contributed by atoms with Crippen LogP contribution in [0.15, 0.2) is 18.2 Å². The summed E-state index contributed by atoms with van der Waals surface area (Å²) in [5, 5.41) is 9.17. The van der Waals surface area contributed by atoms with Crippen molar-refractivity contribution in [2.75, 3.05) is 13.1 Å². The smallest absolute Gasteiger partial charge is 0.465 e. The van der Waals surface area contributed by atoms with E-state index in [1.54, 1.807) is 0 Å². The lowest BCUT2D eigenvalue weighted by molar-refractivity contribution is 0.00578. The average Bonchev–Trinajstić information content (AvgIpc) is 2.63. The number of benzene rings is 1. The number of carbonyl (C=O) groups is 1. The Balaban J connectivity index is 1.82. The molecule has 2 aliphatic heterocycles. The quantitative estimate of drug-likeness (QED) is 0.806. The molecule has 2 heterocycles. The zero-order valence-electron chi connectivity index (χ0n) is 14.3. The van der Waals surface area contributed by atoms with Crippen LogP contribution >= 0.6 is 0 Å². The highest BCUT2D eigenvalue weighted by molar-refractivity contribution is 6.62. The molecule has 1 amide bonds. The van der Waals surface area contributed by atoms with E-state index in [4.69, 9.17) is 9.31 Å². The summed E-state index contributed by atoms with van der Waals surface area (Å²) in [6.45, 7) is 9.26. The van der Waals surface area contributed by atoms with Crippen LogP contribution in [-0.2, 0) is 22.2 Å². The molecule has 124 valence electrons. The second-order valence-corrected chi connectivity index (χ2v) is 7.39. The molecule has 23 heavy (non-hydrogen) atoms. The summed E-state index contributed by atoms with van der Waals surface area (Å²) in [5.41, 5.74) is 2.70. The summed E-state index contributed by atoms with van der Waals surface area (Å²) in [7, 11) is -0.371. The van der Waals surface area contributed by atoms with Gasteiger partial charge in [-0.25, -0.2) is 4.79 Å². The molecule has 6 heteroatoms. The van der Waals surface area contributed by atoms with Crippen LogP contribution in [0.25, 0.3) is 0 Å². The van der Waals surface area contributed by atoms with E-state index in [0.717, 1.165) is 18.3 Å². The molecule has 1 aromatic rings. The van der Waals surface area contributed by atoms with E-state index in [-0.39, 0.29) is 18.3 Å². The Hall–Kier alpha value is -1.53. The van der Waals surface area contributed by atoms with Gasteiger partial charge < -0.3 is 19.3 Å². The van der Waals surface area contributed by atoms with Crippen molar-refractivity contribution in [3.63, 3.8) is 0 Å². The molecule has 1 saturated heterocycles. The minimum atomic E-state index is -0.844. The normalized spacial score (nSPS) is 22.6. The van der Waals surface area contributed by atoms with Gasteiger partial charge >= 0.3 is 13.2 Å². The molecule has 3 rings (SSSR count). The Morgan fingerprint density at radius 2 is 1.65 bits per heavy atom. The minimum Gasteiger partial charge on any atom is -0.465 e. The number of carboxylic acid groups (broad SMARTS) is 1. The van der Waals surface area contributed by atoms with Gasteiger partial charge in [-0.05, 0) is 57.1 Å². The van der Waals surface area contributed by atoms with Gasteiger partial charge in [-0.15, -0.1) is 0 Å².